The fourth-order valence-corrected chi connectivity index (χ4v) is 6.95. The Hall–Kier alpha value is -4.27. The van der Waals surface area contributed by atoms with Crippen molar-refractivity contribution in [2.75, 3.05) is 6.54 Å². The molecule has 4 unspecified atom stereocenters. The van der Waals surface area contributed by atoms with Gasteiger partial charge in [-0.05, 0) is 76.6 Å². The van der Waals surface area contributed by atoms with Crippen molar-refractivity contribution in [3.8, 4) is 5.75 Å². The number of sulfonamides is 1. The Morgan fingerprint density at radius 3 is 2.37 bits per heavy atom. The van der Waals surface area contributed by atoms with Crippen molar-refractivity contribution in [3.63, 3.8) is 0 Å². The van der Waals surface area contributed by atoms with E-state index < -0.39 is 79.6 Å². The number of alkyl carbamates (subject to hydrolysis) is 1. The summed E-state index contributed by atoms with van der Waals surface area (Å²) in [4.78, 5) is 60.2. The number of hydrogen-bond acceptors (Lipinski definition) is 9. The van der Waals surface area contributed by atoms with Crippen LogP contribution < -0.4 is 20.1 Å². The second-order valence-corrected chi connectivity index (χ2v) is 16.8. The van der Waals surface area contributed by atoms with Gasteiger partial charge in [0.1, 0.15) is 40.9 Å². The highest BCUT2D eigenvalue weighted by molar-refractivity contribution is 7.91. The van der Waals surface area contributed by atoms with Crippen LogP contribution in [-0.4, -0.2) is 83.2 Å². The molecule has 1 saturated heterocycles. The van der Waals surface area contributed by atoms with Gasteiger partial charge in [0, 0.05) is 18.0 Å². The van der Waals surface area contributed by atoms with Crippen LogP contribution in [0.15, 0.2) is 43.1 Å². The summed E-state index contributed by atoms with van der Waals surface area (Å²) in [7, 11) is -3.94. The van der Waals surface area contributed by atoms with Crippen LogP contribution in [0.5, 0.6) is 5.75 Å². The first kappa shape index (κ1) is 37.5. The number of carbonyl (C=O) groups is 4. The van der Waals surface area contributed by atoms with Crippen molar-refractivity contribution in [2.24, 2.45) is 5.41 Å². The lowest BCUT2D eigenvalue weighted by Gasteiger charge is -2.36. The number of nitrogens with zero attached hydrogens (tertiary/aromatic N) is 2. The first-order chi connectivity index (χ1) is 22.6. The summed E-state index contributed by atoms with van der Waals surface area (Å²) in [5.74, 6) is -2.53. The standard InChI is InChI=1S/C34H46FN5O8S/c1-9-15-34(8,30(43)39-49(45,46)22-11-12-22)38-28(41)25-18-21(47-26-14-16-36-24-13-10-20(35)17-23(24)26)19-40(25)29(42)27(32(2,3)4)37-31(44)48-33(5,6)7/h9-10,13-14,16-17,21-22,25,27H,1,11-12,15,18-19H2,2-8H3,(H,37,44)(H,38,41)(H,39,43). The van der Waals surface area contributed by atoms with Crippen LogP contribution in [0.3, 0.4) is 0 Å². The largest absolute Gasteiger partial charge is 0.488 e. The average molecular weight is 704 g/mol. The van der Waals surface area contributed by atoms with Gasteiger partial charge in [-0.15, -0.1) is 6.58 Å². The molecule has 268 valence electrons. The maximum atomic E-state index is 14.3. The zero-order chi connectivity index (χ0) is 36.5. The van der Waals surface area contributed by atoms with Crippen molar-refractivity contribution in [2.45, 2.75) is 109 Å². The van der Waals surface area contributed by atoms with Crippen LogP contribution in [-0.2, 0) is 29.1 Å². The lowest BCUT2D eigenvalue weighted by Crippen LogP contribution is -2.62. The second kappa shape index (κ2) is 13.9. The van der Waals surface area contributed by atoms with E-state index in [1.807, 2.05) is 0 Å². The Balaban J connectivity index is 1.67. The lowest BCUT2D eigenvalue weighted by atomic mass is 9.85. The third-order valence-corrected chi connectivity index (χ3v) is 10.0. The quantitative estimate of drug-likeness (QED) is 0.295. The normalized spacial score (nSPS) is 20.1. The van der Waals surface area contributed by atoms with E-state index in [0.717, 1.165) is 0 Å². The number of likely N-dealkylation sites (tertiary alicyclic amines) is 1. The number of fused-ring (bicyclic) bond motifs is 1. The van der Waals surface area contributed by atoms with Gasteiger partial charge in [-0.2, -0.15) is 0 Å². The van der Waals surface area contributed by atoms with Crippen LogP contribution >= 0.6 is 0 Å². The summed E-state index contributed by atoms with van der Waals surface area (Å²) in [5.41, 5.74) is -2.96. The minimum Gasteiger partial charge on any atom is -0.488 e. The molecule has 1 aliphatic carbocycles. The Kier molecular flexibility index (Phi) is 10.7. The van der Waals surface area contributed by atoms with Gasteiger partial charge in [-0.3, -0.25) is 24.1 Å². The van der Waals surface area contributed by atoms with Crippen LogP contribution in [0.4, 0.5) is 9.18 Å². The highest BCUT2D eigenvalue weighted by Gasteiger charge is 2.48. The van der Waals surface area contributed by atoms with E-state index in [-0.39, 0.29) is 25.1 Å². The Morgan fingerprint density at radius 2 is 1.78 bits per heavy atom. The maximum Gasteiger partial charge on any atom is 0.408 e. The summed E-state index contributed by atoms with van der Waals surface area (Å²) < 4.78 is 53.2. The molecule has 2 aromatic rings. The SMILES string of the molecule is C=CCC(C)(NC(=O)C1CC(Oc2ccnc3ccc(F)cc23)CN1C(=O)C(NC(=O)OC(C)(C)C)C(C)(C)C)C(=O)NS(=O)(=O)C1CC1. The lowest BCUT2D eigenvalue weighted by molar-refractivity contribution is -0.143. The van der Waals surface area contributed by atoms with E-state index in [2.05, 4.69) is 26.9 Å². The van der Waals surface area contributed by atoms with Gasteiger partial charge in [0.25, 0.3) is 5.91 Å². The minimum atomic E-state index is -3.94. The highest BCUT2D eigenvalue weighted by atomic mass is 32.2. The number of nitrogens with one attached hydrogen (secondary N) is 3. The first-order valence-corrected chi connectivity index (χ1v) is 17.7. The molecule has 13 nitrogen and oxygen atoms in total. The van der Waals surface area contributed by atoms with Crippen LogP contribution in [0.1, 0.15) is 74.1 Å². The van der Waals surface area contributed by atoms with Gasteiger partial charge < -0.3 is 25.0 Å². The predicted octanol–water partition coefficient (Wildman–Crippen LogP) is 3.72. The number of halogens is 1. The summed E-state index contributed by atoms with van der Waals surface area (Å²) in [6.45, 7) is 15.2. The molecule has 4 atom stereocenters. The molecule has 4 rings (SSSR count). The Bertz CT molecular complexity index is 1730. The summed E-state index contributed by atoms with van der Waals surface area (Å²) >= 11 is 0. The molecule has 15 heteroatoms. The molecule has 0 radical (unpaired) electrons. The van der Waals surface area contributed by atoms with Gasteiger partial charge in [-0.25, -0.2) is 17.6 Å². The number of rotatable bonds is 11. The zero-order valence-corrected chi connectivity index (χ0v) is 29.8. The van der Waals surface area contributed by atoms with Gasteiger partial charge in [-0.1, -0.05) is 26.8 Å². The summed E-state index contributed by atoms with van der Waals surface area (Å²) in [6.07, 6.45) is 1.95. The van der Waals surface area contributed by atoms with E-state index in [0.29, 0.717) is 23.7 Å². The number of benzene rings is 1. The summed E-state index contributed by atoms with van der Waals surface area (Å²) in [5, 5.41) is 5.03. The van der Waals surface area contributed by atoms with Crippen LogP contribution in [0.2, 0.25) is 0 Å². The van der Waals surface area contributed by atoms with Crippen molar-refractivity contribution < 1.29 is 41.5 Å². The molecule has 1 aromatic carbocycles. The molecule has 1 aromatic heterocycles. The molecule has 2 fully saturated rings. The molecule has 4 amide bonds. The summed E-state index contributed by atoms with van der Waals surface area (Å²) in [6, 6.07) is 3.23. The molecule has 0 spiro atoms. The number of carbonyl (C=O) groups excluding carboxylic acids is 4. The topological polar surface area (TPSA) is 173 Å². The Labute approximate surface area is 286 Å². The van der Waals surface area contributed by atoms with Gasteiger partial charge >= 0.3 is 6.09 Å². The highest BCUT2D eigenvalue weighted by Crippen LogP contribution is 2.32. The first-order valence-electron chi connectivity index (χ1n) is 16.1. The maximum absolute atomic E-state index is 14.3. The predicted molar refractivity (Wildman–Crippen MR) is 180 cm³/mol. The van der Waals surface area contributed by atoms with Crippen LogP contribution in [0.25, 0.3) is 10.9 Å². The average Bonchev–Trinajstić information content (AvgIpc) is 3.75. The Morgan fingerprint density at radius 1 is 1.10 bits per heavy atom. The van der Waals surface area contributed by atoms with E-state index in [1.165, 1.54) is 42.3 Å². The third kappa shape index (κ3) is 9.25. The van der Waals surface area contributed by atoms with Crippen molar-refractivity contribution >= 4 is 44.7 Å². The van der Waals surface area contributed by atoms with Crippen molar-refractivity contribution in [3.05, 3.63) is 48.9 Å². The van der Waals surface area contributed by atoms with Gasteiger partial charge in [0.2, 0.25) is 21.8 Å². The van der Waals surface area contributed by atoms with E-state index in [9.17, 15) is 32.0 Å². The van der Waals surface area contributed by atoms with Crippen molar-refractivity contribution in [1.82, 2.24) is 25.2 Å². The fourth-order valence-electron chi connectivity index (χ4n) is 5.54. The smallest absolute Gasteiger partial charge is 0.408 e. The zero-order valence-electron chi connectivity index (χ0n) is 29.0. The van der Waals surface area contributed by atoms with Crippen LogP contribution in [0, 0.1) is 11.2 Å². The number of aromatic nitrogens is 1. The van der Waals surface area contributed by atoms with E-state index in [4.69, 9.17) is 9.47 Å². The van der Waals surface area contributed by atoms with E-state index in [1.54, 1.807) is 47.6 Å². The van der Waals surface area contributed by atoms with Crippen molar-refractivity contribution in [1.29, 1.82) is 0 Å². The second-order valence-electron chi connectivity index (χ2n) is 14.9. The monoisotopic (exact) mass is 703 g/mol. The molecule has 0 bridgehead atoms. The number of ether oxygens (including phenoxy) is 2. The molecular weight excluding hydrogens is 657 g/mol. The fraction of sp³-hybridized carbons (Fsp3) is 0.559. The molecule has 49 heavy (non-hydrogen) atoms. The minimum absolute atomic E-state index is 0.0494. The molecule has 3 N–H and O–H groups in total. The molecule has 2 heterocycles. The van der Waals surface area contributed by atoms with Gasteiger partial charge in [0.05, 0.1) is 17.3 Å². The van der Waals surface area contributed by atoms with Gasteiger partial charge in [0.15, 0.2) is 0 Å². The number of pyridine rings is 1. The number of amides is 4. The molecule has 1 aliphatic heterocycles. The third-order valence-electron chi connectivity index (χ3n) is 8.23. The number of hydrogen-bond donors (Lipinski definition) is 3. The van der Waals surface area contributed by atoms with E-state index >= 15 is 0 Å². The molecular formula is C34H46FN5O8S. The molecule has 2 aliphatic rings. The molecule has 1 saturated carbocycles.